The maximum Gasteiger partial charge on any atom is 0.360 e. The predicted molar refractivity (Wildman–Crippen MR) is 108 cm³/mol. The van der Waals surface area contributed by atoms with E-state index in [4.69, 9.17) is 20.8 Å². The van der Waals surface area contributed by atoms with Crippen LogP contribution in [0.2, 0.25) is 0 Å². The fourth-order valence-corrected chi connectivity index (χ4v) is 2.63. The van der Waals surface area contributed by atoms with Crippen LogP contribution >= 0.6 is 0 Å². The van der Waals surface area contributed by atoms with Crippen LogP contribution in [-0.2, 0) is 25.8 Å². The largest absolute Gasteiger partial charge is 0.464 e. The Kier molecular flexibility index (Phi) is 7.49. The zero-order valence-electron chi connectivity index (χ0n) is 16.7. The fourth-order valence-electron chi connectivity index (χ4n) is 2.63. The standard InChI is InChI=1S/C22H21FN2O4/c1-6-16-10-17(12-18(23)11-16)15(3)24-29-13-20-14(2)8-7-9-19(20)21(25-28-5)22(26)27-4/h1,7-12H,13H2,2-5H3/b24-15+,25-21+. The Morgan fingerprint density at radius 1 is 1.21 bits per heavy atom. The molecule has 0 aliphatic rings. The summed E-state index contributed by atoms with van der Waals surface area (Å²) in [6.45, 7) is 3.60. The van der Waals surface area contributed by atoms with Crippen molar-refractivity contribution in [3.8, 4) is 12.3 Å². The zero-order valence-corrected chi connectivity index (χ0v) is 16.7. The number of carbonyl (C=O) groups is 1. The third kappa shape index (κ3) is 5.42. The number of esters is 1. The molecule has 0 saturated heterocycles. The lowest BCUT2D eigenvalue weighted by atomic mass is 9.99. The molecule has 0 amide bonds. The Hall–Kier alpha value is -3.66. The number of oxime groups is 2. The molecule has 0 spiro atoms. The number of hydrogen-bond acceptors (Lipinski definition) is 6. The first-order valence-corrected chi connectivity index (χ1v) is 8.63. The quantitative estimate of drug-likeness (QED) is 0.310. The number of aryl methyl sites for hydroxylation is 1. The van der Waals surface area contributed by atoms with Gasteiger partial charge in [0, 0.05) is 22.3 Å². The molecule has 0 saturated carbocycles. The van der Waals surface area contributed by atoms with Gasteiger partial charge in [0.05, 0.1) is 12.8 Å². The minimum absolute atomic E-state index is 0.0155. The van der Waals surface area contributed by atoms with Gasteiger partial charge in [-0.15, -0.1) is 6.42 Å². The lowest BCUT2D eigenvalue weighted by Crippen LogP contribution is -2.20. The van der Waals surface area contributed by atoms with Crippen LogP contribution in [0.5, 0.6) is 0 Å². The number of terminal acetylenes is 1. The van der Waals surface area contributed by atoms with Gasteiger partial charge in [0.25, 0.3) is 0 Å². The molecule has 6 nitrogen and oxygen atoms in total. The SMILES string of the molecule is C#Cc1cc(F)cc(/C(C)=N/OCc2c(C)cccc2/C(=N\OC)C(=O)OC)c1. The molecule has 0 heterocycles. The van der Waals surface area contributed by atoms with E-state index in [9.17, 15) is 9.18 Å². The molecule has 0 aromatic heterocycles. The van der Waals surface area contributed by atoms with Gasteiger partial charge in [0.15, 0.2) is 5.71 Å². The molecule has 0 N–H and O–H groups in total. The number of methoxy groups -OCH3 is 1. The van der Waals surface area contributed by atoms with E-state index >= 15 is 0 Å². The van der Waals surface area contributed by atoms with E-state index in [-0.39, 0.29) is 12.3 Å². The van der Waals surface area contributed by atoms with E-state index in [1.54, 1.807) is 25.1 Å². The minimum atomic E-state index is -0.639. The number of rotatable bonds is 7. The molecule has 150 valence electrons. The summed E-state index contributed by atoms with van der Waals surface area (Å²) in [5.74, 6) is 1.30. The van der Waals surface area contributed by atoms with Crippen molar-refractivity contribution < 1.29 is 23.6 Å². The highest BCUT2D eigenvalue weighted by Crippen LogP contribution is 2.18. The summed E-state index contributed by atoms with van der Waals surface area (Å²) in [5, 5.41) is 7.83. The summed E-state index contributed by atoms with van der Waals surface area (Å²) in [5.41, 5.74) is 3.45. The molecular weight excluding hydrogens is 375 g/mol. The number of nitrogens with zero attached hydrogens (tertiary/aromatic N) is 2. The molecule has 0 bridgehead atoms. The first-order chi connectivity index (χ1) is 13.9. The van der Waals surface area contributed by atoms with E-state index in [2.05, 4.69) is 16.2 Å². The first-order valence-electron chi connectivity index (χ1n) is 8.63. The third-order valence-electron chi connectivity index (χ3n) is 4.12. The summed E-state index contributed by atoms with van der Waals surface area (Å²) in [6.07, 6.45) is 5.34. The van der Waals surface area contributed by atoms with Crippen molar-refractivity contribution in [1.29, 1.82) is 0 Å². The van der Waals surface area contributed by atoms with Gasteiger partial charge in [0.1, 0.15) is 19.5 Å². The van der Waals surface area contributed by atoms with E-state index in [1.807, 2.05) is 13.0 Å². The van der Waals surface area contributed by atoms with Gasteiger partial charge >= 0.3 is 5.97 Å². The zero-order chi connectivity index (χ0) is 21.4. The van der Waals surface area contributed by atoms with Crippen molar-refractivity contribution in [3.05, 3.63) is 70.0 Å². The second kappa shape index (κ2) is 10.0. The Balaban J connectivity index is 2.30. The summed E-state index contributed by atoms with van der Waals surface area (Å²) < 4.78 is 18.5. The van der Waals surface area contributed by atoms with Crippen LogP contribution in [-0.4, -0.2) is 31.6 Å². The van der Waals surface area contributed by atoms with Crippen LogP contribution in [0, 0.1) is 25.1 Å². The Morgan fingerprint density at radius 3 is 2.62 bits per heavy atom. The normalized spacial score (nSPS) is 11.6. The summed E-state index contributed by atoms with van der Waals surface area (Å²) >= 11 is 0. The molecular formula is C22H21FN2O4. The van der Waals surface area contributed by atoms with E-state index in [0.717, 1.165) is 5.56 Å². The van der Waals surface area contributed by atoms with E-state index in [1.165, 1.54) is 26.4 Å². The highest BCUT2D eigenvalue weighted by molar-refractivity contribution is 6.43. The lowest BCUT2D eigenvalue weighted by Gasteiger charge is -2.12. The number of hydrogen-bond donors (Lipinski definition) is 0. The highest BCUT2D eigenvalue weighted by Gasteiger charge is 2.20. The minimum Gasteiger partial charge on any atom is -0.464 e. The number of halogens is 1. The van der Waals surface area contributed by atoms with Crippen LogP contribution in [0.3, 0.4) is 0 Å². The van der Waals surface area contributed by atoms with Crippen molar-refractivity contribution in [2.75, 3.05) is 14.2 Å². The van der Waals surface area contributed by atoms with Crippen molar-refractivity contribution >= 4 is 17.4 Å². The molecule has 2 rings (SSSR count). The van der Waals surface area contributed by atoms with Crippen LogP contribution in [0.25, 0.3) is 0 Å². The van der Waals surface area contributed by atoms with E-state index < -0.39 is 11.8 Å². The second-order valence-corrected chi connectivity index (χ2v) is 6.04. The van der Waals surface area contributed by atoms with Crippen LogP contribution in [0.15, 0.2) is 46.7 Å². The molecule has 0 aliphatic heterocycles. The molecule has 0 aliphatic carbocycles. The van der Waals surface area contributed by atoms with Crippen molar-refractivity contribution in [2.45, 2.75) is 20.5 Å². The highest BCUT2D eigenvalue weighted by atomic mass is 19.1. The predicted octanol–water partition coefficient (Wildman–Crippen LogP) is 3.58. The first kappa shape index (κ1) is 21.6. The maximum atomic E-state index is 13.7. The monoisotopic (exact) mass is 396 g/mol. The van der Waals surface area contributed by atoms with E-state index in [0.29, 0.717) is 28.0 Å². The van der Waals surface area contributed by atoms with Crippen LogP contribution in [0.4, 0.5) is 4.39 Å². The molecule has 2 aromatic carbocycles. The molecule has 7 heteroatoms. The number of carbonyl (C=O) groups excluding carboxylic acids is 1. The summed E-state index contributed by atoms with van der Waals surface area (Å²) in [7, 11) is 2.60. The van der Waals surface area contributed by atoms with Gasteiger partial charge in [-0.25, -0.2) is 9.18 Å². The van der Waals surface area contributed by atoms with Crippen molar-refractivity contribution in [1.82, 2.24) is 0 Å². The van der Waals surface area contributed by atoms with Crippen molar-refractivity contribution in [3.63, 3.8) is 0 Å². The molecule has 0 fully saturated rings. The molecule has 29 heavy (non-hydrogen) atoms. The van der Waals surface area contributed by atoms with Gasteiger partial charge in [0.2, 0.25) is 0 Å². The Bertz CT molecular complexity index is 1010. The average Bonchev–Trinajstić information content (AvgIpc) is 2.72. The third-order valence-corrected chi connectivity index (χ3v) is 4.12. The fraction of sp³-hybridized carbons (Fsp3) is 0.227. The van der Waals surface area contributed by atoms with Gasteiger partial charge < -0.3 is 14.4 Å². The Morgan fingerprint density at radius 2 is 1.97 bits per heavy atom. The molecule has 0 unspecified atom stereocenters. The Labute approximate surface area is 169 Å². The second-order valence-electron chi connectivity index (χ2n) is 6.04. The molecule has 0 radical (unpaired) electrons. The van der Waals surface area contributed by atoms with Gasteiger partial charge in [-0.2, -0.15) is 0 Å². The van der Waals surface area contributed by atoms with Gasteiger partial charge in [-0.1, -0.05) is 34.4 Å². The lowest BCUT2D eigenvalue weighted by molar-refractivity contribution is -0.132. The molecule has 2 aromatic rings. The van der Waals surface area contributed by atoms with Gasteiger partial charge in [-0.05, 0) is 37.6 Å². The van der Waals surface area contributed by atoms with Crippen molar-refractivity contribution in [2.24, 2.45) is 10.3 Å². The van der Waals surface area contributed by atoms with Crippen LogP contribution in [0.1, 0.15) is 34.7 Å². The average molecular weight is 396 g/mol. The molecule has 0 atom stereocenters. The maximum absolute atomic E-state index is 13.7. The topological polar surface area (TPSA) is 69.5 Å². The summed E-state index contributed by atoms with van der Waals surface area (Å²) in [4.78, 5) is 22.3. The van der Waals surface area contributed by atoms with Crippen LogP contribution < -0.4 is 0 Å². The number of ether oxygens (including phenoxy) is 1. The number of benzene rings is 2. The smallest absolute Gasteiger partial charge is 0.360 e. The van der Waals surface area contributed by atoms with Gasteiger partial charge in [-0.3, -0.25) is 0 Å². The summed E-state index contributed by atoms with van der Waals surface area (Å²) in [6, 6.07) is 9.59.